The Morgan fingerprint density at radius 1 is 0.885 bits per heavy atom. The second-order valence-corrected chi connectivity index (χ2v) is 7.17. The molecule has 1 aliphatic rings. The van der Waals surface area contributed by atoms with Crippen LogP contribution in [0, 0.1) is 0 Å². The van der Waals surface area contributed by atoms with Gasteiger partial charge in [-0.1, -0.05) is 48.9 Å². The van der Waals surface area contributed by atoms with Crippen molar-refractivity contribution in [3.63, 3.8) is 0 Å². The van der Waals surface area contributed by atoms with Crippen LogP contribution in [0.15, 0.2) is 54.6 Å². The van der Waals surface area contributed by atoms with Gasteiger partial charge in [-0.2, -0.15) is 13.2 Å². The molecule has 4 heteroatoms. The summed E-state index contributed by atoms with van der Waals surface area (Å²) >= 11 is 0. The first-order valence-electron chi connectivity index (χ1n) is 9.46. The predicted octanol–water partition coefficient (Wildman–Crippen LogP) is 5.74. The molecular formula is C22H26F3N. The van der Waals surface area contributed by atoms with Crippen LogP contribution in [0.3, 0.4) is 0 Å². The molecule has 0 radical (unpaired) electrons. The zero-order chi connectivity index (χ0) is 18.4. The Bertz CT molecular complexity index is 664. The quantitative estimate of drug-likeness (QED) is 0.635. The maximum absolute atomic E-state index is 12.6. The minimum Gasteiger partial charge on any atom is -0.300 e. The summed E-state index contributed by atoms with van der Waals surface area (Å²) in [6.45, 7) is 2.14. The molecule has 1 heterocycles. The molecule has 26 heavy (non-hydrogen) atoms. The summed E-state index contributed by atoms with van der Waals surface area (Å²) in [6.07, 6.45) is 2.40. The van der Waals surface area contributed by atoms with Gasteiger partial charge in [-0.25, -0.2) is 0 Å². The largest absolute Gasteiger partial charge is 0.416 e. The van der Waals surface area contributed by atoms with Gasteiger partial charge in [0, 0.05) is 6.04 Å². The van der Waals surface area contributed by atoms with E-state index in [1.807, 2.05) is 6.07 Å². The van der Waals surface area contributed by atoms with Crippen molar-refractivity contribution in [2.75, 3.05) is 13.1 Å². The molecule has 0 bridgehead atoms. The molecular weight excluding hydrogens is 335 g/mol. The van der Waals surface area contributed by atoms with E-state index in [-0.39, 0.29) is 0 Å². The minimum atomic E-state index is -4.25. The standard InChI is InChI=1S/C22H26F3N/c23-22(24,25)20-13-11-18(12-14-20)9-6-16-26-15-5-4-10-21(26)17-19-7-2-1-3-8-19/h1-3,7-8,11-14,21H,4-6,9-10,15-17H2. The number of aryl methyl sites for hydroxylation is 1. The molecule has 140 valence electrons. The van der Waals surface area contributed by atoms with Gasteiger partial charge in [0.25, 0.3) is 0 Å². The topological polar surface area (TPSA) is 3.24 Å². The third-order valence-corrected chi connectivity index (χ3v) is 5.26. The minimum absolute atomic E-state index is 0.569. The molecule has 1 atom stereocenters. The van der Waals surface area contributed by atoms with Crippen LogP contribution in [-0.4, -0.2) is 24.0 Å². The van der Waals surface area contributed by atoms with E-state index in [1.54, 1.807) is 12.1 Å². The lowest BCUT2D eigenvalue weighted by atomic mass is 9.95. The van der Waals surface area contributed by atoms with E-state index in [9.17, 15) is 13.2 Å². The van der Waals surface area contributed by atoms with Crippen LogP contribution >= 0.6 is 0 Å². The number of hydrogen-bond donors (Lipinski definition) is 0. The maximum Gasteiger partial charge on any atom is 0.416 e. The van der Waals surface area contributed by atoms with Crippen LogP contribution < -0.4 is 0 Å². The summed E-state index contributed by atoms with van der Waals surface area (Å²) in [5.74, 6) is 0. The number of nitrogens with zero attached hydrogens (tertiary/aromatic N) is 1. The highest BCUT2D eigenvalue weighted by atomic mass is 19.4. The third-order valence-electron chi connectivity index (χ3n) is 5.26. The van der Waals surface area contributed by atoms with Crippen molar-refractivity contribution in [3.8, 4) is 0 Å². The van der Waals surface area contributed by atoms with Crippen LogP contribution in [0.2, 0.25) is 0 Å². The number of alkyl halides is 3. The number of halogens is 3. The Kier molecular flexibility index (Phi) is 6.36. The van der Waals surface area contributed by atoms with Gasteiger partial charge in [0.15, 0.2) is 0 Å². The van der Waals surface area contributed by atoms with Gasteiger partial charge < -0.3 is 4.90 Å². The van der Waals surface area contributed by atoms with E-state index < -0.39 is 11.7 Å². The number of piperidine rings is 1. The first-order chi connectivity index (χ1) is 12.5. The van der Waals surface area contributed by atoms with Crippen molar-refractivity contribution < 1.29 is 13.2 Å². The van der Waals surface area contributed by atoms with Crippen LogP contribution in [0.25, 0.3) is 0 Å². The second kappa shape index (κ2) is 8.72. The Balaban J connectivity index is 1.51. The molecule has 0 N–H and O–H groups in total. The van der Waals surface area contributed by atoms with Crippen LogP contribution in [0.4, 0.5) is 13.2 Å². The highest BCUT2D eigenvalue weighted by Gasteiger charge is 2.29. The molecule has 0 saturated carbocycles. The highest BCUT2D eigenvalue weighted by molar-refractivity contribution is 5.24. The molecule has 1 aliphatic heterocycles. The van der Waals surface area contributed by atoms with Crippen molar-refractivity contribution in [2.45, 2.75) is 50.7 Å². The van der Waals surface area contributed by atoms with Gasteiger partial charge in [0.05, 0.1) is 5.56 Å². The molecule has 1 fully saturated rings. The number of rotatable bonds is 6. The molecule has 0 aromatic heterocycles. The Hall–Kier alpha value is -1.81. The van der Waals surface area contributed by atoms with E-state index in [1.165, 1.54) is 37.0 Å². The molecule has 0 aliphatic carbocycles. The van der Waals surface area contributed by atoms with Gasteiger partial charge in [-0.15, -0.1) is 0 Å². The summed E-state index contributed by atoms with van der Waals surface area (Å²) < 4.78 is 37.9. The van der Waals surface area contributed by atoms with Crippen molar-refractivity contribution in [1.82, 2.24) is 4.90 Å². The van der Waals surface area contributed by atoms with Crippen molar-refractivity contribution in [1.29, 1.82) is 0 Å². The normalized spacial score (nSPS) is 18.8. The molecule has 1 unspecified atom stereocenters. The zero-order valence-corrected chi connectivity index (χ0v) is 15.0. The summed E-state index contributed by atoms with van der Waals surface area (Å²) in [5, 5.41) is 0. The van der Waals surface area contributed by atoms with Crippen LogP contribution in [0.1, 0.15) is 42.4 Å². The average Bonchev–Trinajstić information content (AvgIpc) is 2.64. The SMILES string of the molecule is FC(F)(F)c1ccc(CCCN2CCCCC2Cc2ccccc2)cc1. The van der Waals surface area contributed by atoms with E-state index in [4.69, 9.17) is 0 Å². The zero-order valence-electron chi connectivity index (χ0n) is 15.0. The predicted molar refractivity (Wildman–Crippen MR) is 99.1 cm³/mol. The second-order valence-electron chi connectivity index (χ2n) is 7.17. The van der Waals surface area contributed by atoms with E-state index in [0.29, 0.717) is 6.04 Å². The first kappa shape index (κ1) is 19.0. The fraction of sp³-hybridized carbons (Fsp3) is 0.455. The van der Waals surface area contributed by atoms with Crippen molar-refractivity contribution in [3.05, 3.63) is 71.3 Å². The third kappa shape index (κ3) is 5.34. The lowest BCUT2D eigenvalue weighted by Crippen LogP contribution is -2.41. The fourth-order valence-corrected chi connectivity index (χ4v) is 3.82. The van der Waals surface area contributed by atoms with Gasteiger partial charge in [-0.05, 0) is 68.5 Å². The average molecular weight is 361 g/mol. The van der Waals surface area contributed by atoms with Gasteiger partial charge >= 0.3 is 6.18 Å². The van der Waals surface area contributed by atoms with Gasteiger partial charge in [0.1, 0.15) is 0 Å². The Morgan fingerprint density at radius 3 is 2.31 bits per heavy atom. The molecule has 1 saturated heterocycles. The summed E-state index contributed by atoms with van der Waals surface area (Å²) in [4.78, 5) is 2.57. The first-order valence-corrected chi connectivity index (χ1v) is 9.46. The maximum atomic E-state index is 12.6. The molecule has 0 spiro atoms. The van der Waals surface area contributed by atoms with Gasteiger partial charge in [-0.3, -0.25) is 0 Å². The Labute approximate surface area is 153 Å². The number of likely N-dealkylation sites (tertiary alicyclic amines) is 1. The molecule has 3 rings (SSSR count). The Morgan fingerprint density at radius 2 is 1.62 bits per heavy atom. The molecule has 2 aromatic carbocycles. The smallest absolute Gasteiger partial charge is 0.300 e. The fourth-order valence-electron chi connectivity index (χ4n) is 3.82. The summed E-state index contributed by atoms with van der Waals surface area (Å²) in [7, 11) is 0. The van der Waals surface area contributed by atoms with Crippen LogP contribution in [-0.2, 0) is 19.0 Å². The van der Waals surface area contributed by atoms with E-state index >= 15 is 0 Å². The van der Waals surface area contributed by atoms with Crippen molar-refractivity contribution >= 4 is 0 Å². The monoisotopic (exact) mass is 361 g/mol. The molecule has 2 aromatic rings. The molecule has 0 amide bonds. The number of benzene rings is 2. The number of hydrogen-bond acceptors (Lipinski definition) is 1. The highest BCUT2D eigenvalue weighted by Crippen LogP contribution is 2.29. The van der Waals surface area contributed by atoms with Crippen molar-refractivity contribution in [2.24, 2.45) is 0 Å². The van der Waals surface area contributed by atoms with Gasteiger partial charge in [0.2, 0.25) is 0 Å². The van der Waals surface area contributed by atoms with E-state index in [0.717, 1.165) is 37.9 Å². The lowest BCUT2D eigenvalue weighted by molar-refractivity contribution is -0.137. The lowest BCUT2D eigenvalue weighted by Gasteiger charge is -2.36. The van der Waals surface area contributed by atoms with Crippen LogP contribution in [0.5, 0.6) is 0 Å². The summed E-state index contributed by atoms with van der Waals surface area (Å²) in [5.41, 5.74) is 1.79. The van der Waals surface area contributed by atoms with E-state index in [2.05, 4.69) is 29.2 Å². The molecule has 1 nitrogen and oxygen atoms in total. The summed E-state index contributed by atoms with van der Waals surface area (Å²) in [6, 6.07) is 16.8.